The van der Waals surface area contributed by atoms with Crippen LogP contribution in [0.25, 0.3) is 0 Å². The van der Waals surface area contributed by atoms with E-state index in [1.807, 2.05) is 31.8 Å². The van der Waals surface area contributed by atoms with Gasteiger partial charge in [-0.3, -0.25) is 0 Å². The van der Waals surface area contributed by atoms with Crippen molar-refractivity contribution in [1.29, 1.82) is 0 Å². The van der Waals surface area contributed by atoms with Crippen LogP contribution in [0.3, 0.4) is 0 Å². The minimum absolute atomic E-state index is 0.320. The first-order valence-electron chi connectivity index (χ1n) is 9.80. The number of hydrogen-bond acceptors (Lipinski definition) is 6. The Labute approximate surface area is 156 Å². The van der Waals surface area contributed by atoms with Gasteiger partial charge in [-0.25, -0.2) is 4.79 Å². The van der Waals surface area contributed by atoms with Crippen molar-refractivity contribution in [2.24, 2.45) is 0 Å². The molecule has 0 radical (unpaired) electrons. The SMILES string of the molecule is C[Si](C)(C)O[C@@]12CC=CC[C@@]1(O)[C@@H]([C@@H]1COC3(CCCCC3)O1)OC2=O. The Morgan fingerprint density at radius 2 is 1.85 bits per heavy atom. The molecule has 0 unspecified atom stereocenters. The van der Waals surface area contributed by atoms with Crippen LogP contribution < -0.4 is 0 Å². The number of hydrogen-bond donors (Lipinski definition) is 1. The summed E-state index contributed by atoms with van der Waals surface area (Å²) in [4.78, 5) is 12.9. The van der Waals surface area contributed by atoms with Crippen LogP contribution in [-0.4, -0.2) is 55.2 Å². The van der Waals surface area contributed by atoms with Gasteiger partial charge in [0.2, 0.25) is 0 Å². The fourth-order valence-corrected chi connectivity index (χ4v) is 6.31. The van der Waals surface area contributed by atoms with Gasteiger partial charge >= 0.3 is 5.97 Å². The van der Waals surface area contributed by atoms with E-state index in [2.05, 4.69) is 0 Å². The molecule has 0 aromatic rings. The molecule has 1 N–H and O–H groups in total. The Morgan fingerprint density at radius 1 is 1.15 bits per heavy atom. The summed E-state index contributed by atoms with van der Waals surface area (Å²) in [6.45, 7) is 6.40. The summed E-state index contributed by atoms with van der Waals surface area (Å²) in [5.74, 6) is -1.04. The van der Waals surface area contributed by atoms with Gasteiger partial charge in [0.15, 0.2) is 25.8 Å². The van der Waals surface area contributed by atoms with Crippen LogP contribution in [0.4, 0.5) is 0 Å². The molecule has 7 heteroatoms. The molecule has 0 bridgehead atoms. The van der Waals surface area contributed by atoms with Crippen LogP contribution in [0.1, 0.15) is 44.9 Å². The van der Waals surface area contributed by atoms with E-state index in [1.54, 1.807) is 0 Å². The Balaban J connectivity index is 1.62. The maximum atomic E-state index is 12.9. The second-order valence-corrected chi connectivity index (χ2v) is 13.5. The van der Waals surface area contributed by atoms with Gasteiger partial charge in [-0.05, 0) is 32.5 Å². The van der Waals surface area contributed by atoms with Crippen molar-refractivity contribution >= 4 is 14.3 Å². The fourth-order valence-electron chi connectivity index (χ4n) is 4.93. The van der Waals surface area contributed by atoms with Gasteiger partial charge in [-0.15, -0.1) is 0 Å². The predicted molar refractivity (Wildman–Crippen MR) is 97.0 cm³/mol. The largest absolute Gasteiger partial charge is 0.454 e. The number of aliphatic hydroxyl groups is 1. The number of esters is 1. The summed E-state index contributed by atoms with van der Waals surface area (Å²) in [6, 6.07) is 0. The predicted octanol–water partition coefficient (Wildman–Crippen LogP) is 2.66. The molecule has 3 fully saturated rings. The van der Waals surface area contributed by atoms with Crippen LogP contribution in [0.2, 0.25) is 19.6 Å². The van der Waals surface area contributed by atoms with E-state index >= 15 is 0 Å². The van der Waals surface area contributed by atoms with E-state index in [-0.39, 0.29) is 0 Å². The van der Waals surface area contributed by atoms with E-state index < -0.39 is 43.5 Å². The summed E-state index contributed by atoms with van der Waals surface area (Å²) in [6.07, 6.45) is 8.32. The van der Waals surface area contributed by atoms with Gasteiger partial charge < -0.3 is 23.7 Å². The first kappa shape index (κ1) is 18.6. The third kappa shape index (κ3) is 2.79. The lowest BCUT2D eigenvalue weighted by Crippen LogP contribution is -2.65. The highest BCUT2D eigenvalue weighted by molar-refractivity contribution is 6.70. The molecule has 4 rings (SSSR count). The number of carbonyl (C=O) groups excluding carboxylic acids is 1. The molecule has 0 aromatic carbocycles. The van der Waals surface area contributed by atoms with Gasteiger partial charge in [-0.1, -0.05) is 18.6 Å². The second-order valence-electron chi connectivity index (χ2n) is 9.11. The van der Waals surface area contributed by atoms with Crippen molar-refractivity contribution in [3.8, 4) is 0 Å². The molecule has 4 aliphatic rings. The minimum Gasteiger partial charge on any atom is -0.454 e. The van der Waals surface area contributed by atoms with Crippen molar-refractivity contribution in [3.05, 3.63) is 12.2 Å². The highest BCUT2D eigenvalue weighted by atomic mass is 28.4. The van der Waals surface area contributed by atoms with E-state index in [0.717, 1.165) is 25.7 Å². The molecule has 2 aliphatic heterocycles. The van der Waals surface area contributed by atoms with Gasteiger partial charge in [0.05, 0.1) is 6.61 Å². The molecule has 2 heterocycles. The summed E-state index contributed by atoms with van der Waals surface area (Å²) >= 11 is 0. The third-order valence-corrected chi connectivity index (χ3v) is 7.01. The van der Waals surface area contributed by atoms with Crippen LogP contribution in [-0.2, 0) is 23.4 Å². The highest BCUT2D eigenvalue weighted by Crippen LogP contribution is 2.51. The van der Waals surface area contributed by atoms with E-state index in [1.165, 1.54) is 6.42 Å². The number of carbonyl (C=O) groups is 1. The average Bonchev–Trinajstić information content (AvgIpc) is 3.05. The van der Waals surface area contributed by atoms with Crippen molar-refractivity contribution in [2.75, 3.05) is 6.61 Å². The molecule has 4 atom stereocenters. The first-order valence-corrected chi connectivity index (χ1v) is 13.2. The molecule has 146 valence electrons. The molecule has 1 spiro atoms. The molecule has 2 aliphatic carbocycles. The lowest BCUT2D eigenvalue weighted by Gasteiger charge is -2.45. The lowest BCUT2D eigenvalue weighted by molar-refractivity contribution is -0.210. The minimum atomic E-state index is -2.10. The molecule has 6 nitrogen and oxygen atoms in total. The van der Waals surface area contributed by atoms with Gasteiger partial charge in [0, 0.05) is 25.7 Å². The topological polar surface area (TPSA) is 74.2 Å². The van der Waals surface area contributed by atoms with E-state index in [9.17, 15) is 9.90 Å². The van der Waals surface area contributed by atoms with Crippen LogP contribution in [0, 0.1) is 0 Å². The van der Waals surface area contributed by atoms with Gasteiger partial charge in [-0.2, -0.15) is 0 Å². The molecule has 2 saturated heterocycles. The Kier molecular flexibility index (Phi) is 4.40. The average molecular weight is 383 g/mol. The molecule has 0 amide bonds. The van der Waals surface area contributed by atoms with E-state index in [4.69, 9.17) is 18.6 Å². The van der Waals surface area contributed by atoms with Gasteiger partial charge in [0.25, 0.3) is 0 Å². The number of rotatable bonds is 3. The summed E-state index contributed by atoms with van der Waals surface area (Å²) in [5, 5.41) is 11.7. The zero-order chi connectivity index (χ0) is 18.6. The van der Waals surface area contributed by atoms with Gasteiger partial charge in [0.1, 0.15) is 11.7 Å². The van der Waals surface area contributed by atoms with Crippen molar-refractivity contribution in [1.82, 2.24) is 0 Å². The van der Waals surface area contributed by atoms with Crippen molar-refractivity contribution in [2.45, 2.75) is 93.8 Å². The third-order valence-electron chi connectivity index (χ3n) is 6.05. The smallest absolute Gasteiger partial charge is 0.341 e. The highest BCUT2D eigenvalue weighted by Gasteiger charge is 2.71. The van der Waals surface area contributed by atoms with Crippen molar-refractivity contribution < 1.29 is 28.5 Å². The number of fused-ring (bicyclic) bond motifs is 1. The normalized spacial score (nSPS) is 42.1. The van der Waals surface area contributed by atoms with Crippen LogP contribution >= 0.6 is 0 Å². The molecule has 26 heavy (non-hydrogen) atoms. The van der Waals surface area contributed by atoms with Crippen molar-refractivity contribution in [3.63, 3.8) is 0 Å². The Morgan fingerprint density at radius 3 is 2.54 bits per heavy atom. The quantitative estimate of drug-likeness (QED) is 0.460. The second kappa shape index (κ2) is 6.14. The van der Waals surface area contributed by atoms with E-state index in [0.29, 0.717) is 19.4 Å². The zero-order valence-corrected chi connectivity index (χ0v) is 17.0. The van der Waals surface area contributed by atoms with Crippen LogP contribution in [0.15, 0.2) is 12.2 Å². The molecular formula is C19H30O6Si. The monoisotopic (exact) mass is 382 g/mol. The maximum absolute atomic E-state index is 12.9. The Bertz CT molecular complexity index is 608. The molecule has 1 saturated carbocycles. The first-order chi connectivity index (χ1) is 12.2. The zero-order valence-electron chi connectivity index (χ0n) is 16.0. The molecule has 0 aromatic heterocycles. The Hall–Kier alpha value is -0.733. The fraction of sp³-hybridized carbons (Fsp3) is 0.842. The van der Waals surface area contributed by atoms with Crippen LogP contribution in [0.5, 0.6) is 0 Å². The molecular weight excluding hydrogens is 352 g/mol. The lowest BCUT2D eigenvalue weighted by atomic mass is 9.72. The summed E-state index contributed by atoms with van der Waals surface area (Å²) in [7, 11) is -2.10. The number of ether oxygens (including phenoxy) is 3. The standard InChI is InChI=1S/C19H30O6Si/c1-26(2,3)25-19-12-8-7-11-18(19,21)15(23-16(19)20)14-13-22-17(24-14)9-5-4-6-10-17/h7-8,14-15,21H,4-6,9-13H2,1-3H3/t14-,15+,18+,19+/m0/s1. The number of cyclic esters (lactones) is 1. The summed E-state index contributed by atoms with van der Waals surface area (Å²) < 4.78 is 24.4. The maximum Gasteiger partial charge on any atom is 0.341 e. The summed E-state index contributed by atoms with van der Waals surface area (Å²) in [5.41, 5.74) is -2.75.